The Kier molecular flexibility index (Phi) is 5.06. The van der Waals surface area contributed by atoms with Gasteiger partial charge in [0.25, 0.3) is 11.8 Å². The molecule has 6 heteroatoms. The topological polar surface area (TPSA) is 40.6 Å². The van der Waals surface area contributed by atoms with Gasteiger partial charge in [-0.05, 0) is 49.7 Å². The summed E-state index contributed by atoms with van der Waals surface area (Å²) in [4.78, 5) is 30.4. The zero-order chi connectivity index (χ0) is 22.5. The molecule has 0 saturated carbocycles. The molecule has 2 aliphatic heterocycles. The highest BCUT2D eigenvalue weighted by Gasteiger charge is 2.63. The van der Waals surface area contributed by atoms with Crippen molar-refractivity contribution in [3.63, 3.8) is 0 Å². The summed E-state index contributed by atoms with van der Waals surface area (Å²) in [7, 11) is 0. The summed E-state index contributed by atoms with van der Waals surface area (Å²) in [5, 5.41) is 0.573. The van der Waals surface area contributed by atoms with Crippen molar-refractivity contribution in [1.29, 1.82) is 0 Å². The van der Waals surface area contributed by atoms with Gasteiger partial charge in [-0.15, -0.1) is 11.8 Å². The van der Waals surface area contributed by atoms with Gasteiger partial charge in [-0.3, -0.25) is 9.59 Å². The second-order valence-corrected chi connectivity index (χ2v) is 11.1. The van der Waals surface area contributed by atoms with Crippen LogP contribution in [-0.4, -0.2) is 28.0 Å². The molecule has 1 fully saturated rings. The van der Waals surface area contributed by atoms with Crippen LogP contribution in [-0.2, 0) is 16.2 Å². The molecule has 2 aliphatic rings. The van der Waals surface area contributed by atoms with E-state index in [9.17, 15) is 9.59 Å². The zero-order valence-corrected chi connectivity index (χ0v) is 19.5. The molecule has 1 saturated heterocycles. The molecule has 1 atom stereocenters. The number of hydrogen-bond acceptors (Lipinski definition) is 3. The molecule has 3 aromatic rings. The Bertz CT molecular complexity index is 1200. The molecule has 32 heavy (non-hydrogen) atoms. The number of para-hydroxylation sites is 1. The molecule has 0 radical (unpaired) electrons. The number of benzene rings is 3. The van der Waals surface area contributed by atoms with Crippen molar-refractivity contribution in [2.24, 2.45) is 0 Å². The highest BCUT2D eigenvalue weighted by molar-refractivity contribution is 8.02. The summed E-state index contributed by atoms with van der Waals surface area (Å²) < 4.78 is -0.284. The fourth-order valence-corrected chi connectivity index (χ4v) is 6.49. The number of carbonyl (C=O) groups is 2. The normalized spacial score (nSPS) is 21.3. The molecular formula is C26H23ClN2O2S. The first-order valence-electron chi connectivity index (χ1n) is 10.5. The van der Waals surface area contributed by atoms with Crippen LogP contribution in [0, 0.1) is 0 Å². The zero-order valence-electron chi connectivity index (χ0n) is 17.9. The summed E-state index contributed by atoms with van der Waals surface area (Å²) in [6.45, 7) is 5.11. The molecule has 2 heterocycles. The maximum absolute atomic E-state index is 14.2. The van der Waals surface area contributed by atoms with E-state index in [4.69, 9.17) is 11.6 Å². The first-order valence-corrected chi connectivity index (χ1v) is 11.7. The molecule has 0 unspecified atom stereocenters. The van der Waals surface area contributed by atoms with Gasteiger partial charge in [0, 0.05) is 27.4 Å². The van der Waals surface area contributed by atoms with E-state index in [1.165, 1.54) is 0 Å². The Balaban J connectivity index is 1.62. The molecule has 1 spiro atoms. The summed E-state index contributed by atoms with van der Waals surface area (Å²) in [5.41, 5.74) is 3.31. The van der Waals surface area contributed by atoms with Crippen molar-refractivity contribution in [3.05, 3.63) is 101 Å². The third-order valence-corrected chi connectivity index (χ3v) is 7.80. The summed E-state index contributed by atoms with van der Waals surface area (Å²) in [5.74, 6) is -0.232. The molecule has 0 aliphatic carbocycles. The second-order valence-electron chi connectivity index (χ2n) is 8.80. The van der Waals surface area contributed by atoms with E-state index in [1.54, 1.807) is 40.9 Å². The Labute approximate surface area is 197 Å². The van der Waals surface area contributed by atoms with Gasteiger partial charge in [-0.25, -0.2) is 0 Å². The lowest BCUT2D eigenvalue weighted by Gasteiger charge is -2.33. The minimum atomic E-state index is -1.09. The average Bonchev–Trinajstić information content (AvgIpc) is 3.21. The van der Waals surface area contributed by atoms with Crippen LogP contribution in [0.25, 0.3) is 0 Å². The summed E-state index contributed by atoms with van der Waals surface area (Å²) in [6.07, 6.45) is 0. The number of carbonyl (C=O) groups excluding carboxylic acids is 2. The van der Waals surface area contributed by atoms with E-state index in [1.807, 2.05) is 59.5 Å². The number of anilines is 1. The van der Waals surface area contributed by atoms with Crippen molar-refractivity contribution >= 4 is 40.9 Å². The number of amides is 2. The molecule has 162 valence electrons. The van der Waals surface area contributed by atoms with E-state index in [2.05, 4.69) is 13.8 Å². The first-order chi connectivity index (χ1) is 15.3. The van der Waals surface area contributed by atoms with Gasteiger partial charge in [0.15, 0.2) is 4.87 Å². The lowest BCUT2D eigenvalue weighted by atomic mass is 10.0. The van der Waals surface area contributed by atoms with Gasteiger partial charge in [0.2, 0.25) is 0 Å². The fraction of sp³-hybridized carbons (Fsp3) is 0.231. The first kappa shape index (κ1) is 21.1. The van der Waals surface area contributed by atoms with Gasteiger partial charge in [0.1, 0.15) is 0 Å². The van der Waals surface area contributed by atoms with Crippen LogP contribution in [0.1, 0.15) is 35.3 Å². The number of rotatable bonds is 3. The Morgan fingerprint density at radius 1 is 0.969 bits per heavy atom. The number of fused-ring (bicyclic) bond motifs is 2. The van der Waals surface area contributed by atoms with E-state index < -0.39 is 4.87 Å². The van der Waals surface area contributed by atoms with Crippen molar-refractivity contribution in [1.82, 2.24) is 4.90 Å². The van der Waals surface area contributed by atoms with E-state index >= 15 is 0 Å². The molecule has 4 nitrogen and oxygen atoms in total. The Hall–Kier alpha value is -2.76. The molecule has 5 rings (SSSR count). The van der Waals surface area contributed by atoms with E-state index in [0.29, 0.717) is 23.7 Å². The van der Waals surface area contributed by atoms with Gasteiger partial charge in [-0.1, -0.05) is 60.1 Å². The van der Waals surface area contributed by atoms with Crippen LogP contribution in [0.15, 0.2) is 78.9 Å². The molecular weight excluding hydrogens is 440 g/mol. The number of hydrogen-bond donors (Lipinski definition) is 0. The van der Waals surface area contributed by atoms with Crippen LogP contribution < -0.4 is 4.90 Å². The maximum Gasteiger partial charge on any atom is 0.268 e. The quantitative estimate of drug-likeness (QED) is 0.500. The lowest BCUT2D eigenvalue weighted by molar-refractivity contribution is -0.123. The highest BCUT2D eigenvalue weighted by atomic mass is 35.5. The third kappa shape index (κ3) is 3.31. The van der Waals surface area contributed by atoms with Crippen molar-refractivity contribution < 1.29 is 9.59 Å². The minimum absolute atomic E-state index is 0.0690. The minimum Gasteiger partial charge on any atom is -0.310 e. The Morgan fingerprint density at radius 2 is 1.62 bits per heavy atom. The van der Waals surface area contributed by atoms with Crippen LogP contribution in [0.5, 0.6) is 0 Å². The summed E-state index contributed by atoms with van der Waals surface area (Å²) in [6, 6.07) is 24.7. The predicted molar refractivity (Wildman–Crippen MR) is 130 cm³/mol. The standard InChI is InChI=1S/C26H23ClN2O2S/c1-25(2)17-29(23(30)19-12-14-20(27)15-13-19)26(32-25)21-10-6-7-11-22(21)28(24(26)31)16-18-8-4-3-5-9-18/h3-15H,16-17H2,1-2H3/t26-/m1/s1. The number of nitrogens with zero attached hydrogens (tertiary/aromatic N) is 2. The van der Waals surface area contributed by atoms with Gasteiger partial charge in [0.05, 0.1) is 12.2 Å². The molecule has 0 bridgehead atoms. The van der Waals surface area contributed by atoms with Gasteiger partial charge < -0.3 is 9.80 Å². The van der Waals surface area contributed by atoms with E-state index in [0.717, 1.165) is 16.8 Å². The van der Waals surface area contributed by atoms with E-state index in [-0.39, 0.29) is 16.6 Å². The smallest absolute Gasteiger partial charge is 0.268 e. The van der Waals surface area contributed by atoms with Crippen molar-refractivity contribution in [2.75, 3.05) is 11.4 Å². The second kappa shape index (κ2) is 7.68. The summed E-state index contributed by atoms with van der Waals surface area (Å²) >= 11 is 7.60. The highest BCUT2D eigenvalue weighted by Crippen LogP contribution is 2.60. The van der Waals surface area contributed by atoms with Crippen molar-refractivity contribution in [2.45, 2.75) is 30.0 Å². The van der Waals surface area contributed by atoms with Crippen molar-refractivity contribution in [3.8, 4) is 0 Å². The lowest BCUT2D eigenvalue weighted by Crippen LogP contribution is -2.50. The van der Waals surface area contributed by atoms with Crippen LogP contribution in [0.4, 0.5) is 5.69 Å². The number of thioether (sulfide) groups is 1. The molecule has 2 amide bonds. The monoisotopic (exact) mass is 462 g/mol. The molecule has 0 N–H and O–H groups in total. The van der Waals surface area contributed by atoms with Crippen LogP contribution in [0.3, 0.4) is 0 Å². The van der Waals surface area contributed by atoms with Crippen LogP contribution >= 0.6 is 23.4 Å². The SMILES string of the molecule is CC1(C)CN(C(=O)c2ccc(Cl)cc2)[C@]2(S1)C(=O)N(Cc1ccccc1)c1ccccc12. The predicted octanol–water partition coefficient (Wildman–Crippen LogP) is 5.71. The molecule has 3 aromatic carbocycles. The van der Waals surface area contributed by atoms with Gasteiger partial charge >= 0.3 is 0 Å². The fourth-order valence-electron chi connectivity index (χ4n) is 4.63. The average molecular weight is 463 g/mol. The Morgan fingerprint density at radius 3 is 2.34 bits per heavy atom. The van der Waals surface area contributed by atoms with Gasteiger partial charge in [-0.2, -0.15) is 0 Å². The number of halogens is 1. The third-order valence-electron chi connectivity index (χ3n) is 5.96. The molecule has 0 aromatic heterocycles. The van der Waals surface area contributed by atoms with Crippen LogP contribution in [0.2, 0.25) is 5.02 Å². The largest absolute Gasteiger partial charge is 0.310 e. The maximum atomic E-state index is 14.2.